The van der Waals surface area contributed by atoms with Gasteiger partial charge in [-0.1, -0.05) is 0 Å². The molecule has 12 heteroatoms. The first-order valence-corrected chi connectivity index (χ1v) is 0.548. The number of hydrogen-bond donors (Lipinski definition) is 1. The van der Waals surface area contributed by atoms with Gasteiger partial charge in [-0.05, 0) is 0 Å². The molecule has 0 bridgehead atoms. The van der Waals surface area contributed by atoms with Gasteiger partial charge in [0.1, 0.15) is 0 Å². The first-order valence-electron chi connectivity index (χ1n) is 0.548. The van der Waals surface area contributed by atoms with Crippen LogP contribution in [0.2, 0.25) is 0 Å². The molecule has 0 aliphatic carbocycles. The fourth-order valence-corrected chi connectivity index (χ4v) is 0. The summed E-state index contributed by atoms with van der Waals surface area (Å²) in [6.07, 6.45) is 0. The molecule has 10 N–H and O–H groups in total. The van der Waals surface area contributed by atoms with Gasteiger partial charge in [0, 0.05) is 21.1 Å². The van der Waals surface area contributed by atoms with Crippen molar-refractivity contribution in [3.05, 3.63) is 15.3 Å². The summed E-state index contributed by atoms with van der Waals surface area (Å²) in [7, 11) is 0. The molecule has 9 nitrogen and oxygen atoms in total. The molecule has 0 rings (SSSR count). The summed E-state index contributed by atoms with van der Waals surface area (Å²) in [6.45, 7) is 0. The summed E-state index contributed by atoms with van der Waals surface area (Å²) in [6, 6.07) is 0. The van der Waals surface area contributed by atoms with E-state index in [1.807, 2.05) is 0 Å². The summed E-state index contributed by atoms with van der Waals surface area (Å²) in [5, 5.41) is 14.8. The van der Waals surface area contributed by atoms with Crippen LogP contribution in [0.15, 0.2) is 0 Å². The minimum Gasteiger partial charge on any atom is -0.870 e. The van der Waals surface area contributed by atoms with Gasteiger partial charge in [-0.2, -0.15) is 0 Å². The number of hydrogen-bond acceptors (Lipinski definition) is 5. The van der Waals surface area contributed by atoms with Gasteiger partial charge < -0.3 is 43.4 Å². The van der Waals surface area contributed by atoms with E-state index in [-0.39, 0.29) is 108 Å². The Morgan fingerprint density at radius 2 is 0.917 bits per heavy atom. The Bertz CT molecular complexity index is 42.4. The molecule has 0 aliphatic rings. The van der Waals surface area contributed by atoms with Crippen LogP contribution in [0, 0.1) is 15.3 Å². The molecule has 0 amide bonds. The van der Waals surface area contributed by atoms with Crippen LogP contribution in [0.3, 0.4) is 0 Å². The van der Waals surface area contributed by atoms with E-state index in [1.165, 1.54) is 0 Å². The molecule has 0 saturated carbocycles. The second-order valence-corrected chi connectivity index (χ2v) is 0.224. The average Bonchev–Trinajstić information content (AvgIpc) is 0.811. The quantitative estimate of drug-likeness (QED) is 0.259. The Morgan fingerprint density at radius 3 is 0.917 bits per heavy atom. The van der Waals surface area contributed by atoms with E-state index in [0.29, 0.717) is 0 Å². The van der Waals surface area contributed by atoms with Crippen LogP contribution in [-0.4, -0.2) is 27.0 Å². The second kappa shape index (κ2) is 78.9. The average molecular weight is 292 g/mol. The van der Waals surface area contributed by atoms with Gasteiger partial charge in [0.25, 0.3) is 0 Å². The fourth-order valence-electron chi connectivity index (χ4n) is 0. The van der Waals surface area contributed by atoms with Crippen LogP contribution in [0.1, 0.15) is 0 Å². The summed E-state index contributed by atoms with van der Waals surface area (Å²) in [5.74, 6) is 0. The first kappa shape index (κ1) is 100. The molecule has 0 heterocycles. The summed E-state index contributed by atoms with van der Waals surface area (Å²) in [5.41, 5.74) is 0. The van der Waals surface area contributed by atoms with Crippen LogP contribution in [-0.2, 0) is 21.1 Å². The largest absolute Gasteiger partial charge is 1.00 e. The maximum atomic E-state index is 8.25. The van der Waals surface area contributed by atoms with Crippen LogP contribution >= 0.6 is 0 Å². The van der Waals surface area contributed by atoms with Crippen molar-refractivity contribution < 1.29 is 107 Å². The topological polar surface area (TPSA) is 226 Å². The summed E-state index contributed by atoms with van der Waals surface area (Å²) >= 11 is 0. The second-order valence-electron chi connectivity index (χ2n) is 0.224. The maximum absolute atomic E-state index is 8.25. The molecule has 0 aliphatic heterocycles. The molecule has 0 saturated heterocycles. The van der Waals surface area contributed by atoms with Crippen molar-refractivity contribution in [2.75, 3.05) is 0 Å². The first-order chi connectivity index (χ1) is 1.73. The fraction of sp³-hybridized carbons (Fsp3) is 0. The zero-order valence-electron chi connectivity index (χ0n) is 6.97. The Balaban J connectivity index is -0.00000000161. The van der Waals surface area contributed by atoms with Crippen molar-refractivity contribution in [1.29, 1.82) is 0 Å². The molecule has 12 heavy (non-hydrogen) atoms. The Kier molecular flexibility index (Phi) is 659. The van der Waals surface area contributed by atoms with Gasteiger partial charge in [0.15, 0.2) is 0 Å². The zero-order chi connectivity index (χ0) is 3.58. The number of nitrogens with zero attached hydrogens (tertiary/aromatic N) is 1. The molecular weight excluding hydrogens is 282 g/mol. The minimum absolute atomic E-state index is 0. The van der Waals surface area contributed by atoms with E-state index in [1.54, 1.807) is 0 Å². The smallest absolute Gasteiger partial charge is 0.870 e. The van der Waals surface area contributed by atoms with Gasteiger partial charge in [-0.3, -0.25) is 0 Å². The molecule has 0 aromatic rings. The van der Waals surface area contributed by atoms with Gasteiger partial charge in [0.2, 0.25) is 0 Å². The van der Waals surface area contributed by atoms with E-state index in [9.17, 15) is 0 Å². The monoisotopic (exact) mass is 294 g/mol. The standard InChI is InChI=1S/Mo.NO3.H3N.2Na.4H2O/c;2-1(3)4;;;;;;;/h;;1H3;;;4*1H2/q;-1;;2*+1;;;;/p-1. The zero-order valence-corrected chi connectivity index (χ0v) is 13.0. The Morgan fingerprint density at radius 1 is 0.917 bits per heavy atom. The van der Waals surface area contributed by atoms with Crippen LogP contribution in [0.25, 0.3) is 0 Å². The van der Waals surface area contributed by atoms with Gasteiger partial charge in [-0.15, -0.1) is 0 Å². The Labute approximate surface area is 127 Å². The van der Waals surface area contributed by atoms with Gasteiger partial charge >= 0.3 is 59.1 Å². The van der Waals surface area contributed by atoms with Gasteiger partial charge in [-0.25, -0.2) is 0 Å². The molecule has 0 aromatic heterocycles. The molecule has 0 unspecified atom stereocenters. The van der Waals surface area contributed by atoms with E-state index in [2.05, 4.69) is 0 Å². The molecule has 0 fully saturated rings. The summed E-state index contributed by atoms with van der Waals surface area (Å²) < 4.78 is 0. The van der Waals surface area contributed by atoms with Crippen molar-refractivity contribution in [3.8, 4) is 0 Å². The van der Waals surface area contributed by atoms with E-state index in [4.69, 9.17) is 15.3 Å². The maximum Gasteiger partial charge on any atom is 1.00 e. The minimum atomic E-state index is -1.75. The Hall–Kier alpha value is 1.69. The molecule has 0 spiro atoms. The van der Waals surface area contributed by atoms with Crippen molar-refractivity contribution >= 4 is 0 Å². The van der Waals surface area contributed by atoms with Crippen molar-refractivity contribution in [1.82, 2.24) is 6.15 Å². The predicted molar refractivity (Wildman–Crippen MR) is 27.4 cm³/mol. The molecule has 0 radical (unpaired) electrons. The van der Waals surface area contributed by atoms with Crippen LogP contribution in [0.4, 0.5) is 0 Å². The van der Waals surface area contributed by atoms with Gasteiger partial charge in [0.05, 0.1) is 5.09 Å². The third-order valence-corrected chi connectivity index (χ3v) is 0. The third-order valence-electron chi connectivity index (χ3n) is 0. The number of quaternary nitrogens is 1. The van der Waals surface area contributed by atoms with E-state index < -0.39 is 5.09 Å². The van der Waals surface area contributed by atoms with Crippen LogP contribution < -0.4 is 65.3 Å². The molecule has 70 valence electrons. The van der Waals surface area contributed by atoms with E-state index >= 15 is 0 Å². The van der Waals surface area contributed by atoms with E-state index in [0.717, 1.165) is 0 Å². The summed E-state index contributed by atoms with van der Waals surface area (Å²) in [4.78, 5) is 8.25. The SMILES string of the molecule is O.O.O=[N+]([O-])[O-].[Mo].[NH4+].[Na+].[Na+].[OH-].[OH-]. The molecule has 0 atom stereocenters. The predicted octanol–water partition coefficient (Wildman–Crippen LogP) is -7.86. The number of rotatable bonds is 0. The molecular formula is H10MoN2Na2O7. The van der Waals surface area contributed by atoms with Crippen molar-refractivity contribution in [2.45, 2.75) is 0 Å². The normalized spacial score (nSPS) is 2.00. The van der Waals surface area contributed by atoms with Crippen molar-refractivity contribution in [3.63, 3.8) is 0 Å². The molecule has 0 aromatic carbocycles. The van der Waals surface area contributed by atoms with Crippen LogP contribution in [0.5, 0.6) is 0 Å². The third kappa shape index (κ3) is 468. The van der Waals surface area contributed by atoms with Crippen molar-refractivity contribution in [2.24, 2.45) is 0 Å².